The van der Waals surface area contributed by atoms with Crippen LogP contribution in [0.4, 0.5) is 9.52 Å². The molecule has 1 amide bonds. The number of nitrogens with one attached hydrogen (secondary N) is 1. The number of amides is 1. The van der Waals surface area contributed by atoms with Gasteiger partial charge < -0.3 is 5.32 Å². The van der Waals surface area contributed by atoms with Gasteiger partial charge in [-0.05, 0) is 42.7 Å². The van der Waals surface area contributed by atoms with Crippen molar-refractivity contribution in [1.82, 2.24) is 9.88 Å². The highest BCUT2D eigenvalue weighted by molar-refractivity contribution is 7.91. The molecule has 3 aromatic rings. The van der Waals surface area contributed by atoms with E-state index in [0.717, 1.165) is 16.1 Å². The molecule has 0 aliphatic carbocycles. The molecular formula is C26H29ClFN3O3S2. The second kappa shape index (κ2) is 10.6. The van der Waals surface area contributed by atoms with Gasteiger partial charge in [-0.15, -0.1) is 11.3 Å². The zero-order valence-electron chi connectivity index (χ0n) is 20.6. The Bertz CT molecular complexity index is 1370. The third-order valence-electron chi connectivity index (χ3n) is 6.51. The summed E-state index contributed by atoms with van der Waals surface area (Å²) in [5.74, 6) is -0.284. The summed E-state index contributed by atoms with van der Waals surface area (Å²) in [6.07, 6.45) is 0.114. The Kier molecular flexibility index (Phi) is 7.85. The molecule has 0 spiro atoms. The van der Waals surface area contributed by atoms with Crippen LogP contribution in [-0.2, 0) is 27.6 Å². The number of nitrogens with zero attached hydrogens (tertiary/aromatic N) is 2. The van der Waals surface area contributed by atoms with Crippen LogP contribution >= 0.6 is 22.9 Å². The summed E-state index contributed by atoms with van der Waals surface area (Å²) in [6, 6.07) is 11.0. The predicted molar refractivity (Wildman–Crippen MR) is 142 cm³/mol. The molecule has 36 heavy (non-hydrogen) atoms. The van der Waals surface area contributed by atoms with Crippen molar-refractivity contribution >= 4 is 43.8 Å². The van der Waals surface area contributed by atoms with E-state index in [1.807, 2.05) is 6.92 Å². The number of fused-ring (bicyclic) bond motifs is 1. The van der Waals surface area contributed by atoms with Gasteiger partial charge in [-0.1, -0.05) is 50.6 Å². The third-order valence-corrected chi connectivity index (χ3v) is 9.46. The summed E-state index contributed by atoms with van der Waals surface area (Å²) in [5, 5.41) is 3.79. The van der Waals surface area contributed by atoms with Crippen molar-refractivity contribution in [2.45, 2.75) is 57.6 Å². The Hall–Kier alpha value is -2.33. The van der Waals surface area contributed by atoms with Crippen LogP contribution in [0.2, 0.25) is 5.02 Å². The van der Waals surface area contributed by atoms with Crippen molar-refractivity contribution in [3.8, 4) is 0 Å². The number of hydrogen-bond donors (Lipinski definition) is 1. The first kappa shape index (κ1) is 26.7. The quantitative estimate of drug-likeness (QED) is 0.363. The van der Waals surface area contributed by atoms with E-state index in [2.05, 4.69) is 24.1 Å². The van der Waals surface area contributed by atoms with Gasteiger partial charge >= 0.3 is 0 Å². The summed E-state index contributed by atoms with van der Waals surface area (Å²) >= 11 is 7.37. The van der Waals surface area contributed by atoms with Crippen LogP contribution in [0.1, 0.15) is 61.5 Å². The van der Waals surface area contributed by atoms with Crippen LogP contribution in [-0.4, -0.2) is 30.0 Å². The number of benzene rings is 2. The number of anilines is 1. The van der Waals surface area contributed by atoms with E-state index in [1.165, 1.54) is 29.5 Å². The lowest BCUT2D eigenvalue weighted by Gasteiger charge is -2.33. The van der Waals surface area contributed by atoms with Crippen molar-refractivity contribution in [2.24, 2.45) is 5.92 Å². The van der Waals surface area contributed by atoms with E-state index in [0.29, 0.717) is 22.3 Å². The molecule has 192 valence electrons. The highest BCUT2D eigenvalue weighted by Gasteiger charge is 2.39. The number of sulfone groups is 1. The normalized spacial score (nSPS) is 16.8. The van der Waals surface area contributed by atoms with E-state index >= 15 is 0 Å². The van der Waals surface area contributed by atoms with E-state index in [9.17, 15) is 17.6 Å². The minimum Gasteiger partial charge on any atom is -0.302 e. The number of hydrogen-bond acceptors (Lipinski definition) is 6. The molecule has 0 saturated heterocycles. The monoisotopic (exact) mass is 549 g/mol. The van der Waals surface area contributed by atoms with E-state index in [1.54, 1.807) is 31.2 Å². The second-order valence-corrected chi connectivity index (χ2v) is 13.1. The molecule has 6 nitrogen and oxygen atoms in total. The fourth-order valence-electron chi connectivity index (χ4n) is 4.61. The summed E-state index contributed by atoms with van der Waals surface area (Å²) in [6.45, 7) is 8.41. The lowest BCUT2D eigenvalue weighted by Crippen LogP contribution is -2.29. The number of carbonyl (C=O) groups is 1. The largest absolute Gasteiger partial charge is 0.302 e. The molecule has 1 N–H and O–H groups in total. The highest BCUT2D eigenvalue weighted by atomic mass is 35.5. The molecule has 1 aliphatic heterocycles. The lowest BCUT2D eigenvalue weighted by atomic mass is 9.98. The van der Waals surface area contributed by atoms with Crippen molar-refractivity contribution in [1.29, 1.82) is 0 Å². The SMILES string of the molecule is CCS(=O)(=O)c1ccc(CC(=O)Nc2nc3c(s2)CN([C@@H](C)c2ccc(Cl)cc2F)[C@H]3C(C)C)cc1. The first-order chi connectivity index (χ1) is 17.0. The Labute approximate surface area is 220 Å². The number of thiazole rings is 1. The molecular weight excluding hydrogens is 521 g/mol. The molecule has 2 heterocycles. The zero-order valence-corrected chi connectivity index (χ0v) is 23.0. The maximum atomic E-state index is 14.6. The van der Waals surface area contributed by atoms with Crippen molar-refractivity contribution in [3.63, 3.8) is 0 Å². The smallest absolute Gasteiger partial charge is 0.230 e. The fourth-order valence-corrected chi connectivity index (χ4v) is 6.68. The Balaban J connectivity index is 1.46. The molecule has 10 heteroatoms. The number of carbonyl (C=O) groups excluding carboxylic acids is 1. The van der Waals surface area contributed by atoms with Gasteiger partial charge in [0.2, 0.25) is 5.91 Å². The minimum atomic E-state index is -3.28. The van der Waals surface area contributed by atoms with Gasteiger partial charge in [0.05, 0.1) is 28.8 Å². The van der Waals surface area contributed by atoms with Crippen molar-refractivity contribution in [3.05, 3.63) is 75.0 Å². The maximum Gasteiger partial charge on any atom is 0.230 e. The standard InChI is InChI=1S/C26H29ClFN3O3S2/c1-5-36(33,34)19-9-6-17(7-10-19)12-23(32)29-26-30-24-22(35-26)14-31(25(24)15(2)3)16(4)20-11-8-18(27)13-21(20)28/h6-11,13,15-16,25H,5,12,14H2,1-4H3,(H,29,30,32)/t16-,25-/m0/s1. The summed E-state index contributed by atoms with van der Waals surface area (Å²) in [5.41, 5.74) is 2.23. The van der Waals surface area contributed by atoms with Crippen LogP contribution in [0.25, 0.3) is 0 Å². The third kappa shape index (κ3) is 5.49. The lowest BCUT2D eigenvalue weighted by molar-refractivity contribution is -0.115. The molecule has 4 rings (SSSR count). The Morgan fingerprint density at radius 1 is 1.22 bits per heavy atom. The molecule has 0 bridgehead atoms. The van der Waals surface area contributed by atoms with Crippen LogP contribution in [0, 0.1) is 11.7 Å². The topological polar surface area (TPSA) is 79.4 Å². The van der Waals surface area contributed by atoms with E-state index in [4.69, 9.17) is 16.6 Å². The van der Waals surface area contributed by atoms with Gasteiger partial charge in [0.1, 0.15) is 5.82 Å². The van der Waals surface area contributed by atoms with Gasteiger partial charge in [0, 0.05) is 28.0 Å². The summed E-state index contributed by atoms with van der Waals surface area (Å²) in [7, 11) is -3.28. The van der Waals surface area contributed by atoms with Gasteiger partial charge in [0.15, 0.2) is 15.0 Å². The number of halogens is 2. The van der Waals surface area contributed by atoms with Crippen molar-refractivity contribution < 1.29 is 17.6 Å². The molecule has 1 aliphatic rings. The molecule has 0 unspecified atom stereocenters. The van der Waals surface area contributed by atoms with Gasteiger partial charge in [-0.2, -0.15) is 0 Å². The van der Waals surface area contributed by atoms with Gasteiger partial charge in [-0.3, -0.25) is 9.69 Å². The summed E-state index contributed by atoms with van der Waals surface area (Å²) < 4.78 is 38.6. The molecule has 0 fully saturated rings. The zero-order chi connectivity index (χ0) is 26.2. The first-order valence-electron chi connectivity index (χ1n) is 11.8. The maximum absolute atomic E-state index is 14.6. The fraction of sp³-hybridized carbons (Fsp3) is 0.385. The molecule has 0 radical (unpaired) electrons. The van der Waals surface area contributed by atoms with Gasteiger partial charge in [-0.25, -0.2) is 17.8 Å². The number of aromatic nitrogens is 1. The van der Waals surface area contributed by atoms with E-state index < -0.39 is 9.84 Å². The number of rotatable bonds is 8. The molecule has 2 atom stereocenters. The highest BCUT2D eigenvalue weighted by Crippen LogP contribution is 2.46. The average Bonchev–Trinajstić information content (AvgIpc) is 3.36. The summed E-state index contributed by atoms with van der Waals surface area (Å²) in [4.78, 5) is 21.0. The van der Waals surface area contributed by atoms with Crippen LogP contribution in [0.5, 0.6) is 0 Å². The van der Waals surface area contributed by atoms with Crippen molar-refractivity contribution in [2.75, 3.05) is 11.1 Å². The molecule has 0 saturated carbocycles. The Morgan fingerprint density at radius 3 is 2.53 bits per heavy atom. The minimum absolute atomic E-state index is 0.0139. The van der Waals surface area contributed by atoms with Crippen LogP contribution in [0.3, 0.4) is 0 Å². The average molecular weight is 550 g/mol. The molecule has 1 aromatic heterocycles. The van der Waals surface area contributed by atoms with Gasteiger partial charge in [0.25, 0.3) is 0 Å². The van der Waals surface area contributed by atoms with Crippen LogP contribution < -0.4 is 5.32 Å². The van der Waals surface area contributed by atoms with E-state index in [-0.39, 0.29) is 46.8 Å². The Morgan fingerprint density at radius 2 is 1.92 bits per heavy atom. The van der Waals surface area contributed by atoms with Crippen LogP contribution in [0.15, 0.2) is 47.4 Å². The second-order valence-electron chi connectivity index (χ2n) is 9.30. The molecule has 2 aromatic carbocycles. The predicted octanol–water partition coefficient (Wildman–Crippen LogP) is 6.18. The first-order valence-corrected chi connectivity index (χ1v) is 14.7.